The summed E-state index contributed by atoms with van der Waals surface area (Å²) in [6.45, 7) is 3.70. The van der Waals surface area contributed by atoms with Crippen molar-refractivity contribution < 1.29 is 18.3 Å². The maximum atomic E-state index is 13.2. The molecule has 26 heavy (non-hydrogen) atoms. The number of aryl methyl sites for hydroxylation is 2. The van der Waals surface area contributed by atoms with Gasteiger partial charge in [-0.1, -0.05) is 53.6 Å². The van der Waals surface area contributed by atoms with Gasteiger partial charge >= 0.3 is 5.97 Å². The number of hydrogen-bond donors (Lipinski definition) is 1. The molecule has 1 N–H and O–H groups in total. The van der Waals surface area contributed by atoms with Crippen molar-refractivity contribution in [3.63, 3.8) is 0 Å². The van der Waals surface area contributed by atoms with Crippen molar-refractivity contribution in [2.24, 2.45) is 0 Å². The molecule has 1 atom stereocenters. The molecular formula is C20H21NO4S. The van der Waals surface area contributed by atoms with E-state index in [9.17, 15) is 18.3 Å². The van der Waals surface area contributed by atoms with Crippen molar-refractivity contribution in [3.05, 3.63) is 76.9 Å². The van der Waals surface area contributed by atoms with E-state index in [0.29, 0.717) is 6.42 Å². The molecule has 5 nitrogen and oxygen atoms in total. The number of rotatable bonds is 4. The molecule has 3 rings (SSSR count). The van der Waals surface area contributed by atoms with Gasteiger partial charge in [0.25, 0.3) is 0 Å². The Kier molecular flexibility index (Phi) is 4.98. The van der Waals surface area contributed by atoms with Gasteiger partial charge < -0.3 is 5.11 Å². The summed E-state index contributed by atoms with van der Waals surface area (Å²) in [6.07, 6.45) is 1.95. The van der Waals surface area contributed by atoms with Gasteiger partial charge in [0.05, 0.1) is 10.9 Å². The molecule has 0 amide bonds. The number of sulfonamides is 1. The molecule has 0 radical (unpaired) electrons. The van der Waals surface area contributed by atoms with Crippen LogP contribution < -0.4 is 0 Å². The van der Waals surface area contributed by atoms with Crippen LogP contribution in [0.5, 0.6) is 0 Å². The van der Waals surface area contributed by atoms with Crippen LogP contribution in [0.15, 0.2) is 65.1 Å². The number of carbonyl (C=O) groups is 1. The largest absolute Gasteiger partial charge is 0.478 e. The van der Waals surface area contributed by atoms with Crippen LogP contribution in [0.25, 0.3) is 0 Å². The van der Waals surface area contributed by atoms with E-state index in [-0.39, 0.29) is 17.0 Å². The number of nitrogens with zero attached hydrogens (tertiary/aromatic N) is 1. The summed E-state index contributed by atoms with van der Waals surface area (Å²) in [5, 5.41) is 9.33. The van der Waals surface area contributed by atoms with E-state index in [1.807, 2.05) is 38.1 Å². The molecule has 136 valence electrons. The highest BCUT2D eigenvalue weighted by molar-refractivity contribution is 7.89. The molecule has 2 aromatic rings. The fraction of sp³-hybridized carbons (Fsp3) is 0.250. The number of carboxylic acids is 1. The van der Waals surface area contributed by atoms with Crippen molar-refractivity contribution >= 4 is 16.0 Å². The first-order valence-corrected chi connectivity index (χ1v) is 9.80. The third-order valence-corrected chi connectivity index (χ3v) is 6.49. The van der Waals surface area contributed by atoms with Crippen molar-refractivity contribution in [3.8, 4) is 0 Å². The lowest BCUT2D eigenvalue weighted by atomic mass is 9.97. The van der Waals surface area contributed by atoms with E-state index in [1.54, 1.807) is 30.3 Å². The maximum Gasteiger partial charge on any atom is 0.332 e. The van der Waals surface area contributed by atoms with Gasteiger partial charge in [0.2, 0.25) is 10.0 Å². The van der Waals surface area contributed by atoms with E-state index >= 15 is 0 Å². The molecule has 1 heterocycles. The Morgan fingerprint density at radius 3 is 2.08 bits per heavy atom. The first-order chi connectivity index (χ1) is 12.3. The second-order valence-corrected chi connectivity index (χ2v) is 8.45. The fourth-order valence-electron chi connectivity index (χ4n) is 3.06. The topological polar surface area (TPSA) is 74.7 Å². The first kappa shape index (κ1) is 18.4. The van der Waals surface area contributed by atoms with Gasteiger partial charge in [-0.25, -0.2) is 13.2 Å². The lowest BCUT2D eigenvalue weighted by molar-refractivity contribution is -0.133. The van der Waals surface area contributed by atoms with Gasteiger partial charge in [-0.05, 0) is 38.0 Å². The Hall–Kier alpha value is -2.44. The van der Waals surface area contributed by atoms with Crippen LogP contribution in [-0.2, 0) is 14.8 Å². The molecule has 2 aromatic carbocycles. The van der Waals surface area contributed by atoms with Crippen LogP contribution in [0.4, 0.5) is 0 Å². The van der Waals surface area contributed by atoms with Gasteiger partial charge in [-0.2, -0.15) is 4.31 Å². The lowest BCUT2D eigenvalue weighted by Crippen LogP contribution is -2.39. The monoisotopic (exact) mass is 371 g/mol. The predicted octanol–water partition coefficient (Wildman–Crippen LogP) is 3.45. The molecule has 1 aliphatic heterocycles. The Morgan fingerprint density at radius 1 is 1.00 bits per heavy atom. The molecule has 0 aliphatic carbocycles. The first-order valence-electron chi connectivity index (χ1n) is 8.36. The van der Waals surface area contributed by atoms with Crippen molar-refractivity contribution in [1.82, 2.24) is 4.31 Å². The SMILES string of the molecule is Cc1ccc([C@@H]2CC=C(C(=O)O)CN2S(=O)(=O)c2ccc(C)cc2)cc1. The molecular weight excluding hydrogens is 350 g/mol. The normalized spacial score (nSPS) is 18.4. The number of aliphatic carboxylic acids is 1. The van der Waals surface area contributed by atoms with Gasteiger partial charge in [0, 0.05) is 12.1 Å². The Labute approximate surface area is 153 Å². The van der Waals surface area contributed by atoms with Gasteiger partial charge in [0.15, 0.2) is 0 Å². The van der Waals surface area contributed by atoms with E-state index in [1.165, 1.54) is 4.31 Å². The summed E-state index contributed by atoms with van der Waals surface area (Å²) < 4.78 is 27.7. The average Bonchev–Trinajstić information content (AvgIpc) is 2.62. The van der Waals surface area contributed by atoms with Crippen LogP contribution in [0, 0.1) is 13.8 Å². The van der Waals surface area contributed by atoms with Crippen LogP contribution in [0.3, 0.4) is 0 Å². The summed E-state index contributed by atoms with van der Waals surface area (Å²) >= 11 is 0. The van der Waals surface area contributed by atoms with Crippen molar-refractivity contribution in [1.29, 1.82) is 0 Å². The Morgan fingerprint density at radius 2 is 1.54 bits per heavy atom. The summed E-state index contributed by atoms with van der Waals surface area (Å²) in [5.41, 5.74) is 3.00. The summed E-state index contributed by atoms with van der Waals surface area (Å²) in [6, 6.07) is 13.9. The molecule has 0 fully saturated rings. The number of hydrogen-bond acceptors (Lipinski definition) is 3. The second kappa shape index (κ2) is 7.05. The van der Waals surface area contributed by atoms with Crippen molar-refractivity contribution in [2.45, 2.75) is 31.2 Å². The second-order valence-electron chi connectivity index (χ2n) is 6.56. The smallest absolute Gasteiger partial charge is 0.332 e. The third-order valence-electron chi connectivity index (χ3n) is 4.63. The summed E-state index contributed by atoms with van der Waals surface area (Å²) in [4.78, 5) is 11.6. The zero-order chi connectivity index (χ0) is 18.9. The molecule has 0 unspecified atom stereocenters. The van der Waals surface area contributed by atoms with Gasteiger partial charge in [-0.3, -0.25) is 0 Å². The standard InChI is InChI=1S/C20H21NO4S/c1-14-3-7-16(8-4-14)19-12-9-17(20(22)23)13-21(19)26(24,25)18-10-5-15(2)6-11-18/h3-11,19H,12-13H2,1-2H3,(H,22,23)/t19-/m0/s1. The minimum Gasteiger partial charge on any atom is -0.478 e. The highest BCUT2D eigenvalue weighted by Gasteiger charge is 2.36. The molecule has 6 heteroatoms. The number of benzene rings is 2. The van der Waals surface area contributed by atoms with Crippen LogP contribution >= 0.6 is 0 Å². The van der Waals surface area contributed by atoms with Crippen LogP contribution in [0.1, 0.15) is 29.2 Å². The summed E-state index contributed by atoms with van der Waals surface area (Å²) in [5.74, 6) is -1.09. The molecule has 0 spiro atoms. The quantitative estimate of drug-likeness (QED) is 0.893. The van der Waals surface area contributed by atoms with E-state index in [2.05, 4.69) is 0 Å². The van der Waals surface area contributed by atoms with E-state index < -0.39 is 22.0 Å². The highest BCUT2D eigenvalue weighted by Crippen LogP contribution is 2.35. The third kappa shape index (κ3) is 3.57. The van der Waals surface area contributed by atoms with E-state index in [0.717, 1.165) is 16.7 Å². The molecule has 1 aliphatic rings. The highest BCUT2D eigenvalue weighted by atomic mass is 32.2. The minimum atomic E-state index is -3.82. The molecule has 0 saturated carbocycles. The number of carboxylic acid groups (broad SMARTS) is 1. The fourth-order valence-corrected chi connectivity index (χ4v) is 4.66. The lowest BCUT2D eigenvalue weighted by Gasteiger charge is -2.34. The molecule has 0 saturated heterocycles. The Bertz CT molecular complexity index is 944. The van der Waals surface area contributed by atoms with Gasteiger partial charge in [0.1, 0.15) is 0 Å². The zero-order valence-electron chi connectivity index (χ0n) is 14.7. The predicted molar refractivity (Wildman–Crippen MR) is 99.3 cm³/mol. The van der Waals surface area contributed by atoms with Crippen LogP contribution in [0.2, 0.25) is 0 Å². The van der Waals surface area contributed by atoms with Crippen LogP contribution in [-0.4, -0.2) is 30.3 Å². The maximum absolute atomic E-state index is 13.2. The van der Waals surface area contributed by atoms with Crippen molar-refractivity contribution in [2.75, 3.05) is 6.54 Å². The zero-order valence-corrected chi connectivity index (χ0v) is 15.5. The molecule has 0 aromatic heterocycles. The Balaban J connectivity index is 2.06. The summed E-state index contributed by atoms with van der Waals surface area (Å²) in [7, 11) is -3.82. The van der Waals surface area contributed by atoms with Gasteiger partial charge in [-0.15, -0.1) is 0 Å². The van der Waals surface area contributed by atoms with E-state index in [4.69, 9.17) is 0 Å². The minimum absolute atomic E-state index is 0.101. The molecule has 0 bridgehead atoms. The average molecular weight is 371 g/mol.